The van der Waals surface area contributed by atoms with Crippen LogP contribution in [0.2, 0.25) is 0 Å². The average Bonchev–Trinajstić information content (AvgIpc) is 3.33. The smallest absolute Gasteiger partial charge is 0.289 e. The highest BCUT2D eigenvalue weighted by molar-refractivity contribution is 6.05. The Labute approximate surface area is 157 Å². The van der Waals surface area contributed by atoms with Gasteiger partial charge in [-0.2, -0.15) is 0 Å². The molecule has 0 unspecified atom stereocenters. The summed E-state index contributed by atoms with van der Waals surface area (Å²) in [6, 6.07) is 12.4. The van der Waals surface area contributed by atoms with Crippen LogP contribution in [0.25, 0.3) is 0 Å². The van der Waals surface area contributed by atoms with E-state index in [2.05, 4.69) is 0 Å². The second-order valence-electron chi connectivity index (χ2n) is 6.83. The summed E-state index contributed by atoms with van der Waals surface area (Å²) in [5, 5.41) is 0. The molecule has 1 aromatic carbocycles. The molecule has 4 rings (SSSR count). The lowest BCUT2D eigenvalue weighted by Gasteiger charge is -2.36. The van der Waals surface area contributed by atoms with E-state index in [0.29, 0.717) is 38.5 Å². The van der Waals surface area contributed by atoms with Gasteiger partial charge in [-0.05, 0) is 17.7 Å². The molecular formula is C20H21N3O4. The van der Waals surface area contributed by atoms with Gasteiger partial charge in [0.15, 0.2) is 5.76 Å². The zero-order valence-electron chi connectivity index (χ0n) is 14.9. The van der Waals surface area contributed by atoms with E-state index >= 15 is 0 Å². The number of hydrogen-bond acceptors (Lipinski definition) is 5. The highest BCUT2D eigenvalue weighted by Crippen LogP contribution is 2.22. The number of piperazine rings is 1. The van der Waals surface area contributed by atoms with Gasteiger partial charge in [0.1, 0.15) is 0 Å². The maximum absolute atomic E-state index is 12.8. The highest BCUT2D eigenvalue weighted by Gasteiger charge is 2.42. The standard InChI is InChI=1S/C20H21N3O4/c24-18-13-16(19(25)23(18)14-15-5-2-1-3-6-15)21-8-10-22(11-9-21)20(26)17-7-4-12-27-17/h1-7,12,16H,8-11,13-14H2/t16-/m0/s1. The number of furan rings is 1. The summed E-state index contributed by atoms with van der Waals surface area (Å²) in [5.41, 5.74) is 0.939. The van der Waals surface area contributed by atoms with Gasteiger partial charge < -0.3 is 9.32 Å². The fourth-order valence-corrected chi connectivity index (χ4v) is 3.68. The summed E-state index contributed by atoms with van der Waals surface area (Å²) in [5.74, 6) is -0.0959. The van der Waals surface area contributed by atoms with E-state index in [-0.39, 0.29) is 24.1 Å². The first-order chi connectivity index (χ1) is 13.1. The third-order valence-corrected chi connectivity index (χ3v) is 5.18. The van der Waals surface area contributed by atoms with Crippen molar-refractivity contribution in [3.8, 4) is 0 Å². The molecule has 0 saturated carbocycles. The number of carbonyl (C=O) groups excluding carboxylic acids is 3. The molecule has 0 spiro atoms. The molecule has 7 heteroatoms. The van der Waals surface area contributed by atoms with Gasteiger partial charge in [-0.25, -0.2) is 0 Å². The molecule has 1 atom stereocenters. The number of imide groups is 1. The van der Waals surface area contributed by atoms with E-state index in [1.54, 1.807) is 17.0 Å². The zero-order valence-corrected chi connectivity index (χ0v) is 14.9. The van der Waals surface area contributed by atoms with Gasteiger partial charge in [-0.1, -0.05) is 30.3 Å². The van der Waals surface area contributed by atoms with Crippen molar-refractivity contribution in [1.29, 1.82) is 0 Å². The maximum Gasteiger partial charge on any atom is 0.289 e. The number of rotatable bonds is 4. The van der Waals surface area contributed by atoms with Crippen molar-refractivity contribution >= 4 is 17.7 Å². The first-order valence-electron chi connectivity index (χ1n) is 9.08. The third-order valence-electron chi connectivity index (χ3n) is 5.18. The second kappa shape index (κ2) is 7.36. The average molecular weight is 367 g/mol. The van der Waals surface area contributed by atoms with E-state index in [4.69, 9.17) is 4.42 Å². The van der Waals surface area contributed by atoms with E-state index in [1.807, 2.05) is 35.2 Å². The van der Waals surface area contributed by atoms with Crippen molar-refractivity contribution in [2.45, 2.75) is 19.0 Å². The first kappa shape index (κ1) is 17.5. The number of nitrogens with zero attached hydrogens (tertiary/aromatic N) is 3. The molecule has 2 aliphatic heterocycles. The van der Waals surface area contributed by atoms with E-state index in [1.165, 1.54) is 11.2 Å². The molecule has 3 amide bonds. The van der Waals surface area contributed by atoms with Crippen LogP contribution < -0.4 is 0 Å². The Morgan fingerprint density at radius 1 is 1.00 bits per heavy atom. The molecule has 2 aromatic rings. The molecule has 0 N–H and O–H groups in total. The predicted molar refractivity (Wildman–Crippen MR) is 96.6 cm³/mol. The van der Waals surface area contributed by atoms with Gasteiger partial charge in [-0.15, -0.1) is 0 Å². The van der Waals surface area contributed by atoms with Crippen molar-refractivity contribution in [1.82, 2.24) is 14.7 Å². The van der Waals surface area contributed by atoms with Crippen molar-refractivity contribution in [3.05, 3.63) is 60.1 Å². The Kier molecular flexibility index (Phi) is 4.77. The minimum absolute atomic E-state index is 0.136. The largest absolute Gasteiger partial charge is 0.459 e. The van der Waals surface area contributed by atoms with Crippen LogP contribution in [0.4, 0.5) is 0 Å². The monoisotopic (exact) mass is 367 g/mol. The molecule has 140 valence electrons. The zero-order chi connectivity index (χ0) is 18.8. The van der Waals surface area contributed by atoms with Crippen molar-refractivity contribution in [3.63, 3.8) is 0 Å². The predicted octanol–water partition coefficient (Wildman–Crippen LogP) is 1.37. The number of carbonyl (C=O) groups is 3. The summed E-state index contributed by atoms with van der Waals surface area (Å²) in [4.78, 5) is 42.6. The van der Waals surface area contributed by atoms with E-state index in [9.17, 15) is 14.4 Å². The van der Waals surface area contributed by atoms with Crippen LogP contribution in [-0.4, -0.2) is 64.6 Å². The molecule has 0 radical (unpaired) electrons. The van der Waals surface area contributed by atoms with Crippen molar-refractivity contribution in [2.24, 2.45) is 0 Å². The highest BCUT2D eigenvalue weighted by atomic mass is 16.3. The lowest BCUT2D eigenvalue weighted by molar-refractivity contribution is -0.140. The molecule has 3 heterocycles. The quantitative estimate of drug-likeness (QED) is 0.763. The van der Waals surface area contributed by atoms with Crippen LogP contribution in [0.15, 0.2) is 53.1 Å². The van der Waals surface area contributed by atoms with Gasteiger partial charge in [0.05, 0.1) is 25.3 Å². The lowest BCUT2D eigenvalue weighted by Crippen LogP contribution is -2.53. The normalized spacial score (nSPS) is 21.1. The second-order valence-corrected chi connectivity index (χ2v) is 6.83. The minimum Gasteiger partial charge on any atom is -0.459 e. The summed E-state index contributed by atoms with van der Waals surface area (Å²) in [7, 11) is 0. The maximum atomic E-state index is 12.8. The summed E-state index contributed by atoms with van der Waals surface area (Å²) in [6.07, 6.45) is 1.69. The molecule has 2 aliphatic rings. The van der Waals surface area contributed by atoms with Gasteiger partial charge in [0.25, 0.3) is 5.91 Å². The van der Waals surface area contributed by atoms with Crippen LogP contribution in [-0.2, 0) is 16.1 Å². The van der Waals surface area contributed by atoms with Crippen molar-refractivity contribution < 1.29 is 18.8 Å². The van der Waals surface area contributed by atoms with Gasteiger partial charge in [-0.3, -0.25) is 24.2 Å². The van der Waals surface area contributed by atoms with Crippen LogP contribution >= 0.6 is 0 Å². The molecule has 1 aromatic heterocycles. The van der Waals surface area contributed by atoms with Crippen LogP contribution in [0.3, 0.4) is 0 Å². The Bertz CT molecular complexity index is 826. The van der Waals surface area contributed by atoms with Crippen LogP contribution in [0, 0.1) is 0 Å². The first-order valence-corrected chi connectivity index (χ1v) is 9.08. The number of amides is 3. The lowest BCUT2D eigenvalue weighted by atomic mass is 10.1. The van der Waals surface area contributed by atoms with Gasteiger partial charge in [0, 0.05) is 26.2 Å². The van der Waals surface area contributed by atoms with E-state index in [0.717, 1.165) is 5.56 Å². The summed E-state index contributed by atoms with van der Waals surface area (Å²) < 4.78 is 5.17. The van der Waals surface area contributed by atoms with E-state index < -0.39 is 6.04 Å². The SMILES string of the molecule is O=C(c1ccco1)N1CCN([C@H]2CC(=O)N(Cc3ccccc3)C2=O)CC1. The molecular weight excluding hydrogens is 346 g/mol. The molecule has 2 saturated heterocycles. The molecule has 2 fully saturated rings. The number of likely N-dealkylation sites (tertiary alicyclic amines) is 1. The van der Waals surface area contributed by atoms with Crippen LogP contribution in [0.5, 0.6) is 0 Å². The Balaban J connectivity index is 1.37. The van der Waals surface area contributed by atoms with Crippen LogP contribution in [0.1, 0.15) is 22.5 Å². The fraction of sp³-hybridized carbons (Fsp3) is 0.350. The Morgan fingerprint density at radius 3 is 2.41 bits per heavy atom. The Morgan fingerprint density at radius 2 is 1.74 bits per heavy atom. The number of hydrogen-bond donors (Lipinski definition) is 0. The third kappa shape index (κ3) is 3.50. The topological polar surface area (TPSA) is 74.1 Å². The molecule has 27 heavy (non-hydrogen) atoms. The molecule has 0 bridgehead atoms. The van der Waals surface area contributed by atoms with Crippen molar-refractivity contribution in [2.75, 3.05) is 26.2 Å². The minimum atomic E-state index is -0.429. The summed E-state index contributed by atoms with van der Waals surface area (Å²) >= 11 is 0. The molecule has 7 nitrogen and oxygen atoms in total. The molecule has 0 aliphatic carbocycles. The fourth-order valence-electron chi connectivity index (χ4n) is 3.68. The summed E-state index contributed by atoms with van der Waals surface area (Å²) in [6.45, 7) is 2.46. The van der Waals surface area contributed by atoms with Gasteiger partial charge >= 0.3 is 0 Å². The van der Waals surface area contributed by atoms with Gasteiger partial charge in [0.2, 0.25) is 11.8 Å². The Hall–Kier alpha value is -2.93. The number of benzene rings is 1.